The first-order valence-corrected chi connectivity index (χ1v) is 8.38. The Kier molecular flexibility index (Phi) is 3.25. The van der Waals surface area contributed by atoms with Gasteiger partial charge in [-0.25, -0.2) is 8.42 Å². The van der Waals surface area contributed by atoms with Gasteiger partial charge >= 0.3 is 0 Å². The fraction of sp³-hybridized carbons (Fsp3) is 0.267. The van der Waals surface area contributed by atoms with Crippen LogP contribution in [0.4, 0.5) is 5.82 Å². The van der Waals surface area contributed by atoms with Crippen LogP contribution in [0.25, 0.3) is 10.7 Å². The third kappa shape index (κ3) is 1.93. The molecule has 0 amide bonds. The van der Waals surface area contributed by atoms with Crippen LogP contribution in [0.3, 0.4) is 0 Å². The third-order valence-electron chi connectivity index (χ3n) is 3.84. The summed E-state index contributed by atoms with van der Waals surface area (Å²) in [4.78, 5) is -0.0729. The lowest BCUT2D eigenvalue weighted by Crippen LogP contribution is -2.32. The van der Waals surface area contributed by atoms with Gasteiger partial charge in [0, 0.05) is 25.4 Å². The molecule has 1 aliphatic rings. The molecule has 1 aromatic heterocycles. The molecule has 0 spiro atoms. The molecule has 0 unspecified atom stereocenters. The van der Waals surface area contributed by atoms with Gasteiger partial charge in [-0.3, -0.25) is 8.99 Å². The van der Waals surface area contributed by atoms with Crippen molar-refractivity contribution in [2.45, 2.75) is 20.4 Å². The number of aromatic nitrogens is 2. The lowest BCUT2D eigenvalue weighted by atomic mass is 10.1. The maximum atomic E-state index is 12.8. The van der Waals surface area contributed by atoms with E-state index in [2.05, 4.69) is 5.10 Å². The maximum Gasteiger partial charge on any atom is 0.269 e. The zero-order valence-corrected chi connectivity index (χ0v) is 13.4. The van der Waals surface area contributed by atoms with Crippen LogP contribution in [-0.4, -0.2) is 30.4 Å². The number of hydrogen-bond acceptors (Lipinski definition) is 4. The monoisotopic (exact) mass is 319 g/mol. The molecule has 0 bridgehead atoms. The summed E-state index contributed by atoms with van der Waals surface area (Å²) in [5.74, 6) is -0.00113. The minimum Gasteiger partial charge on any atom is -0.506 e. The van der Waals surface area contributed by atoms with E-state index < -0.39 is 10.0 Å². The molecule has 1 N–H and O–H groups in total. The Labute approximate surface area is 129 Å². The lowest BCUT2D eigenvalue weighted by molar-refractivity contribution is 0.513. The number of aryl methyl sites for hydroxylation is 2. The topological polar surface area (TPSA) is 75.4 Å². The Balaban J connectivity index is 2.36. The van der Waals surface area contributed by atoms with E-state index in [9.17, 15) is 13.5 Å². The number of aliphatic hydroxyl groups is 1. The number of sulfonamides is 1. The van der Waals surface area contributed by atoms with Gasteiger partial charge in [-0.1, -0.05) is 24.3 Å². The van der Waals surface area contributed by atoms with Crippen molar-refractivity contribution in [1.82, 2.24) is 9.78 Å². The molecule has 1 aliphatic heterocycles. The van der Waals surface area contributed by atoms with Crippen molar-refractivity contribution < 1.29 is 13.5 Å². The van der Waals surface area contributed by atoms with Gasteiger partial charge < -0.3 is 5.11 Å². The summed E-state index contributed by atoms with van der Waals surface area (Å²) in [6.45, 7) is 4.31. The highest BCUT2D eigenvalue weighted by molar-refractivity contribution is 8.02. The molecule has 7 heteroatoms. The summed E-state index contributed by atoms with van der Waals surface area (Å²) in [6, 6.07) is 7.09. The van der Waals surface area contributed by atoms with E-state index in [4.69, 9.17) is 0 Å². The summed E-state index contributed by atoms with van der Waals surface area (Å²) >= 11 is 0. The average Bonchev–Trinajstić information content (AvgIpc) is 2.92. The number of hydrogen-bond donors (Lipinski definition) is 1. The van der Waals surface area contributed by atoms with Crippen LogP contribution in [0.5, 0.6) is 0 Å². The number of aliphatic hydroxyl groups excluding tert-OH is 1. The molecule has 2 aromatic rings. The fourth-order valence-electron chi connectivity index (χ4n) is 2.56. The number of benzene rings is 1. The van der Waals surface area contributed by atoms with Crippen LogP contribution in [0.2, 0.25) is 0 Å². The first-order valence-electron chi connectivity index (χ1n) is 6.94. The molecule has 22 heavy (non-hydrogen) atoms. The van der Waals surface area contributed by atoms with Gasteiger partial charge in [-0.15, -0.1) is 0 Å². The van der Waals surface area contributed by atoms with Gasteiger partial charge in [0.05, 0.1) is 5.56 Å². The molecule has 0 aliphatic carbocycles. The van der Waals surface area contributed by atoms with E-state index in [0.717, 1.165) is 9.87 Å². The predicted octanol–water partition coefficient (Wildman–Crippen LogP) is 2.37. The molecule has 3 rings (SSSR count). The quantitative estimate of drug-likeness (QED) is 0.922. The second-order valence-electron chi connectivity index (χ2n) is 5.19. The molecular formula is C15H17N3O3S. The summed E-state index contributed by atoms with van der Waals surface area (Å²) < 4.78 is 28.3. The second kappa shape index (κ2) is 4.88. The number of nitrogens with zero attached hydrogens (tertiary/aromatic N) is 3. The summed E-state index contributed by atoms with van der Waals surface area (Å²) in [6.07, 6.45) is 1.66. The molecule has 2 heterocycles. The largest absolute Gasteiger partial charge is 0.506 e. The molecule has 116 valence electrons. The number of rotatable bonds is 2. The minimum absolute atomic E-state index is 0.0729. The van der Waals surface area contributed by atoms with Crippen LogP contribution in [-0.2, 0) is 16.6 Å². The summed E-state index contributed by atoms with van der Waals surface area (Å²) in [7, 11) is -2.40. The van der Waals surface area contributed by atoms with Crippen molar-refractivity contribution in [3.63, 3.8) is 0 Å². The number of fused-ring (bicyclic) bond motifs is 1. The lowest BCUT2D eigenvalue weighted by Gasteiger charge is -2.26. The molecule has 0 atom stereocenters. The standard InChI is InChI=1S/C15H17N3O3S/c1-4-18-9-12-13(19)14(11-8-6-5-7-10(11)2)22(20,21)17(3)15(12)16-18/h5-9,19H,4H2,1-3H3. The Morgan fingerprint density at radius 1 is 1.23 bits per heavy atom. The van der Waals surface area contributed by atoms with Crippen LogP contribution < -0.4 is 4.31 Å². The first-order chi connectivity index (χ1) is 10.4. The zero-order chi connectivity index (χ0) is 16.1. The third-order valence-corrected chi connectivity index (χ3v) is 5.67. The molecule has 1 aromatic carbocycles. The van der Waals surface area contributed by atoms with Gasteiger partial charge in [0.2, 0.25) is 0 Å². The van der Waals surface area contributed by atoms with Crippen molar-refractivity contribution in [2.24, 2.45) is 0 Å². The van der Waals surface area contributed by atoms with E-state index in [-0.39, 0.29) is 16.5 Å². The number of anilines is 1. The van der Waals surface area contributed by atoms with Crippen molar-refractivity contribution >= 4 is 26.5 Å². The van der Waals surface area contributed by atoms with Crippen LogP contribution in [0.1, 0.15) is 23.6 Å². The normalized spacial score (nSPS) is 16.8. The zero-order valence-electron chi connectivity index (χ0n) is 12.6. The Hall–Kier alpha value is -2.28. The highest BCUT2D eigenvalue weighted by atomic mass is 32.2. The molecule has 0 radical (unpaired) electrons. The maximum absolute atomic E-state index is 12.8. The van der Waals surface area contributed by atoms with Crippen LogP contribution in [0, 0.1) is 6.92 Å². The minimum atomic E-state index is -3.85. The fourth-order valence-corrected chi connectivity index (χ4v) is 4.06. The van der Waals surface area contributed by atoms with Gasteiger partial charge in [-0.2, -0.15) is 5.10 Å². The second-order valence-corrected chi connectivity index (χ2v) is 7.09. The van der Waals surface area contributed by atoms with E-state index in [1.54, 1.807) is 23.0 Å². The van der Waals surface area contributed by atoms with E-state index in [0.29, 0.717) is 17.7 Å². The Morgan fingerprint density at radius 3 is 2.55 bits per heavy atom. The van der Waals surface area contributed by atoms with E-state index in [1.165, 1.54) is 7.05 Å². The molecule has 6 nitrogen and oxygen atoms in total. The Bertz CT molecular complexity index is 881. The summed E-state index contributed by atoms with van der Waals surface area (Å²) in [5, 5.41) is 14.8. The first kappa shape index (κ1) is 14.6. The smallest absolute Gasteiger partial charge is 0.269 e. The molecule has 0 saturated carbocycles. The Morgan fingerprint density at radius 2 is 1.91 bits per heavy atom. The average molecular weight is 319 g/mol. The van der Waals surface area contributed by atoms with Gasteiger partial charge in [0.15, 0.2) is 5.82 Å². The van der Waals surface area contributed by atoms with Gasteiger partial charge in [-0.05, 0) is 19.4 Å². The summed E-state index contributed by atoms with van der Waals surface area (Å²) in [5.41, 5.74) is 1.71. The highest BCUT2D eigenvalue weighted by Crippen LogP contribution is 2.41. The SMILES string of the molecule is CCn1cc2c(n1)N(C)S(=O)(=O)C(c1ccccc1C)=C2O. The van der Waals surface area contributed by atoms with Crippen molar-refractivity contribution in [1.29, 1.82) is 0 Å². The highest BCUT2D eigenvalue weighted by Gasteiger charge is 2.38. The van der Waals surface area contributed by atoms with Crippen LogP contribution in [0.15, 0.2) is 30.5 Å². The molecular weight excluding hydrogens is 302 g/mol. The van der Waals surface area contributed by atoms with E-state index >= 15 is 0 Å². The van der Waals surface area contributed by atoms with Crippen molar-refractivity contribution in [3.05, 3.63) is 47.2 Å². The van der Waals surface area contributed by atoms with Gasteiger partial charge in [0.1, 0.15) is 10.7 Å². The molecule has 0 fully saturated rings. The van der Waals surface area contributed by atoms with Crippen molar-refractivity contribution in [2.75, 3.05) is 11.4 Å². The van der Waals surface area contributed by atoms with E-state index in [1.807, 2.05) is 26.0 Å². The predicted molar refractivity (Wildman–Crippen MR) is 85.8 cm³/mol. The van der Waals surface area contributed by atoms with Gasteiger partial charge in [0.25, 0.3) is 10.0 Å². The molecule has 0 saturated heterocycles. The van der Waals surface area contributed by atoms with Crippen molar-refractivity contribution in [3.8, 4) is 0 Å². The van der Waals surface area contributed by atoms with Crippen LogP contribution >= 0.6 is 0 Å².